The van der Waals surface area contributed by atoms with Crippen LogP contribution >= 0.6 is 0 Å². The van der Waals surface area contributed by atoms with Gasteiger partial charge in [0, 0.05) is 19.6 Å². The summed E-state index contributed by atoms with van der Waals surface area (Å²) in [7, 11) is -9.93. The number of rotatable bonds is 18. The van der Waals surface area contributed by atoms with Crippen LogP contribution in [-0.2, 0) is 17.1 Å². The average Bonchev–Trinajstić information content (AvgIpc) is 2.64. The largest absolute Gasteiger partial charge is 0.460 e. The van der Waals surface area contributed by atoms with E-state index in [4.69, 9.17) is 17.1 Å². The minimum Gasteiger partial charge on any atom is -0.437 e. The average molecular weight is 725 g/mol. The van der Waals surface area contributed by atoms with Crippen molar-refractivity contribution in [3.05, 3.63) is 0 Å². The monoisotopic (exact) mass is 724 g/mol. The molecule has 0 aromatic carbocycles. The summed E-state index contributed by atoms with van der Waals surface area (Å²) in [5.74, 6) is -19.2. The molecule has 0 saturated carbocycles. The molecule has 0 bridgehead atoms. The van der Waals surface area contributed by atoms with Crippen LogP contribution in [-0.4, -0.2) is 82.6 Å². The molecule has 0 saturated heterocycles. The third kappa shape index (κ3) is 18.1. The lowest BCUT2D eigenvalue weighted by Gasteiger charge is -2.42. The third-order valence-corrected chi connectivity index (χ3v) is 20.0. The van der Waals surface area contributed by atoms with Crippen molar-refractivity contribution < 1.29 is 61.7 Å². The van der Waals surface area contributed by atoms with E-state index in [0.29, 0.717) is 18.5 Å². The molecule has 0 amide bonds. The number of alkyl halides is 9. The molecule has 1 N–H and O–H groups in total. The Labute approximate surface area is 260 Å². The van der Waals surface area contributed by atoms with Crippen molar-refractivity contribution in [2.24, 2.45) is 0 Å². The smallest absolute Gasteiger partial charge is 0.437 e. The summed E-state index contributed by atoms with van der Waals surface area (Å²) < 4.78 is 141. The van der Waals surface area contributed by atoms with Crippen molar-refractivity contribution in [3.8, 4) is 0 Å². The Morgan fingerprint density at radius 2 is 1.05 bits per heavy atom. The first-order chi connectivity index (χ1) is 16.6. The predicted molar refractivity (Wildman–Crippen MR) is 169 cm³/mol. The third-order valence-electron chi connectivity index (χ3n) is 5.13. The fraction of sp³-hybridized carbons (Fsp3) is 1.00. The van der Waals surface area contributed by atoms with Gasteiger partial charge in [-0.25, -0.2) is 0 Å². The van der Waals surface area contributed by atoms with Crippen molar-refractivity contribution in [1.82, 2.24) is 0 Å². The highest BCUT2D eigenvalue weighted by Gasteiger charge is 2.81. The van der Waals surface area contributed by atoms with Gasteiger partial charge in [0.1, 0.15) is 0 Å². The van der Waals surface area contributed by atoms with Crippen LogP contribution in [0, 0.1) is 0 Å². The SMILES string of the molecule is C.C.C.C.C.C[Si](C)(C)O[Si](C)(C)O[Si](C)(CCCOCCC(F)(F)C(F)(F)C(F)(F)C(F)(F)F)O[Si](C)(C)CCCO. The first kappa shape index (κ1) is 55.4. The van der Waals surface area contributed by atoms with Gasteiger partial charge >= 0.3 is 41.1 Å². The molecule has 0 rings (SSSR count). The molecule has 0 aromatic rings. The molecule has 0 aromatic heterocycles. The molecule has 5 nitrogen and oxygen atoms in total. The van der Waals surface area contributed by atoms with Crippen molar-refractivity contribution in [2.75, 3.05) is 19.8 Å². The second-order valence-electron chi connectivity index (χ2n) is 11.4. The van der Waals surface area contributed by atoms with E-state index in [-0.39, 0.29) is 56.8 Å². The predicted octanol–water partition coefficient (Wildman–Crippen LogP) is 10.7. The van der Waals surface area contributed by atoms with Gasteiger partial charge in [0.05, 0.1) is 6.61 Å². The van der Waals surface area contributed by atoms with Crippen molar-refractivity contribution in [3.63, 3.8) is 0 Å². The van der Waals surface area contributed by atoms with Gasteiger partial charge in [-0.3, -0.25) is 0 Å². The number of aliphatic hydroxyl groups excluding tert-OH is 1. The maximum absolute atomic E-state index is 13.7. The van der Waals surface area contributed by atoms with Gasteiger partial charge in [-0.2, -0.15) is 39.5 Å². The summed E-state index contributed by atoms with van der Waals surface area (Å²) in [5, 5.41) is 9.18. The number of hydrogen-bond donors (Lipinski definition) is 1. The van der Waals surface area contributed by atoms with Gasteiger partial charge in [0.25, 0.3) is 0 Å². The van der Waals surface area contributed by atoms with E-state index < -0.39 is 70.7 Å². The molecule has 0 radical (unpaired) electrons. The Kier molecular flexibility index (Phi) is 25.3. The minimum atomic E-state index is -6.91. The fourth-order valence-electron chi connectivity index (χ4n) is 3.90. The molecule has 0 aliphatic heterocycles. The zero-order chi connectivity index (χ0) is 30.5. The minimum absolute atomic E-state index is 0. The van der Waals surface area contributed by atoms with E-state index in [9.17, 15) is 44.6 Å². The lowest BCUT2D eigenvalue weighted by molar-refractivity contribution is -0.397. The highest BCUT2D eigenvalue weighted by molar-refractivity contribution is 6.89. The molecular weight excluding hydrogens is 664 g/mol. The van der Waals surface area contributed by atoms with E-state index in [1.807, 2.05) is 52.4 Å². The van der Waals surface area contributed by atoms with E-state index in [1.165, 1.54) is 0 Å². The standard InChI is InChI=1S/C20H41F9O5Si4.5CH4/c1-35(2,3)32-37(6,7)34-38(8,33-36(4,5)15-9-12-30)16-10-13-31-14-11-17(21,22)18(23,24)19(25,26)20(27,28)29;;;;;/h30H,9-16H2,1-8H3;5*1H4. The summed E-state index contributed by atoms with van der Waals surface area (Å²) in [6, 6.07) is 0.946. The lowest BCUT2D eigenvalue weighted by Crippen LogP contribution is -2.61. The number of halogens is 9. The first-order valence-corrected chi connectivity index (χ1v) is 24.0. The van der Waals surface area contributed by atoms with E-state index in [2.05, 4.69) is 0 Å². The molecule has 1 atom stereocenters. The maximum Gasteiger partial charge on any atom is 0.460 e. The van der Waals surface area contributed by atoms with Crippen LogP contribution in [0.15, 0.2) is 0 Å². The number of hydrogen-bond acceptors (Lipinski definition) is 5. The normalized spacial score (nSPS) is 14.7. The van der Waals surface area contributed by atoms with Gasteiger partial charge in [0.2, 0.25) is 0 Å². The number of aliphatic hydroxyl groups is 1. The van der Waals surface area contributed by atoms with Gasteiger partial charge in [-0.1, -0.05) is 37.1 Å². The van der Waals surface area contributed by atoms with Crippen molar-refractivity contribution in [1.29, 1.82) is 0 Å². The van der Waals surface area contributed by atoms with Crippen LogP contribution in [0.1, 0.15) is 56.4 Å². The van der Waals surface area contributed by atoms with Crippen LogP contribution in [0.4, 0.5) is 39.5 Å². The molecule has 43 heavy (non-hydrogen) atoms. The molecule has 1 unspecified atom stereocenters. The second kappa shape index (κ2) is 19.6. The summed E-state index contributed by atoms with van der Waals surface area (Å²) >= 11 is 0. The van der Waals surface area contributed by atoms with Gasteiger partial charge < -0.3 is 22.2 Å². The van der Waals surface area contributed by atoms with Crippen LogP contribution in [0.5, 0.6) is 0 Å². The fourth-order valence-corrected chi connectivity index (χ4v) is 22.7. The summed E-state index contributed by atoms with van der Waals surface area (Å²) in [4.78, 5) is 0. The Hall–Kier alpha value is 0.0375. The van der Waals surface area contributed by atoms with Crippen LogP contribution in [0.25, 0.3) is 0 Å². The molecule has 0 spiro atoms. The highest BCUT2D eigenvalue weighted by atomic mass is 28.5. The van der Waals surface area contributed by atoms with Crippen LogP contribution < -0.4 is 0 Å². The number of ether oxygens (including phenoxy) is 1. The van der Waals surface area contributed by atoms with Crippen LogP contribution in [0.3, 0.4) is 0 Å². The Bertz CT molecular complexity index is 739. The lowest BCUT2D eigenvalue weighted by atomic mass is 10.0. The van der Waals surface area contributed by atoms with E-state index in [0.717, 1.165) is 0 Å². The van der Waals surface area contributed by atoms with Crippen molar-refractivity contribution in [2.45, 2.75) is 145 Å². The van der Waals surface area contributed by atoms with Crippen LogP contribution in [0.2, 0.25) is 64.5 Å². The molecule has 0 aliphatic rings. The van der Waals surface area contributed by atoms with E-state index >= 15 is 0 Å². The topological polar surface area (TPSA) is 57.2 Å². The second-order valence-corrected chi connectivity index (χ2v) is 27.6. The quantitative estimate of drug-likeness (QED) is 0.0866. The van der Waals surface area contributed by atoms with Gasteiger partial charge in [-0.05, 0) is 77.3 Å². The molecular formula is C25H61F9O5Si4. The first-order valence-electron chi connectivity index (χ1n) is 12.1. The Balaban J connectivity index is -0.000000684. The summed E-state index contributed by atoms with van der Waals surface area (Å²) in [6.45, 7) is 14.1. The zero-order valence-electron chi connectivity index (χ0n) is 23.1. The van der Waals surface area contributed by atoms with Gasteiger partial charge in [0.15, 0.2) is 16.6 Å². The Morgan fingerprint density at radius 1 is 0.581 bits per heavy atom. The molecule has 270 valence electrons. The van der Waals surface area contributed by atoms with Gasteiger partial charge in [-0.15, -0.1) is 0 Å². The Morgan fingerprint density at radius 3 is 1.44 bits per heavy atom. The van der Waals surface area contributed by atoms with Crippen molar-refractivity contribution >= 4 is 33.8 Å². The summed E-state index contributed by atoms with van der Waals surface area (Å²) in [5.41, 5.74) is 0. The molecule has 18 heteroatoms. The molecule has 0 aliphatic carbocycles. The maximum atomic E-state index is 13.7. The summed E-state index contributed by atoms with van der Waals surface area (Å²) in [6.07, 6.45) is -8.17. The molecule has 0 fully saturated rings. The highest BCUT2D eigenvalue weighted by Crippen LogP contribution is 2.54. The zero-order valence-corrected chi connectivity index (χ0v) is 27.1. The molecule has 0 heterocycles. The van der Waals surface area contributed by atoms with E-state index in [1.54, 1.807) is 0 Å².